The number of pyridine rings is 1. The Balaban J connectivity index is 1.98. The lowest BCUT2D eigenvalue weighted by Gasteiger charge is -2.22. The van der Waals surface area contributed by atoms with Gasteiger partial charge in [0.15, 0.2) is 6.61 Å². The van der Waals surface area contributed by atoms with E-state index in [2.05, 4.69) is 4.98 Å². The highest BCUT2D eigenvalue weighted by molar-refractivity contribution is 5.90. The summed E-state index contributed by atoms with van der Waals surface area (Å²) in [5.41, 5.74) is 1.51. The number of amides is 1. The lowest BCUT2D eigenvalue weighted by atomic mass is 10.1. The van der Waals surface area contributed by atoms with E-state index in [0.29, 0.717) is 13.1 Å². The Morgan fingerprint density at radius 3 is 2.52 bits per heavy atom. The average Bonchev–Trinajstić information content (AvgIpc) is 2.61. The lowest BCUT2D eigenvalue weighted by molar-refractivity contribution is -0.135. The van der Waals surface area contributed by atoms with Crippen molar-refractivity contribution < 1.29 is 14.3 Å². The summed E-state index contributed by atoms with van der Waals surface area (Å²) in [5, 5.41) is 0. The fourth-order valence-corrected chi connectivity index (χ4v) is 2.35. The van der Waals surface area contributed by atoms with Gasteiger partial charge in [0.2, 0.25) is 0 Å². The first-order valence-electron chi connectivity index (χ1n) is 8.19. The van der Waals surface area contributed by atoms with Gasteiger partial charge >= 0.3 is 5.97 Å². The number of benzene rings is 1. The normalized spacial score (nSPS) is 10.3. The number of ether oxygens (including phenoxy) is 1. The van der Waals surface area contributed by atoms with Crippen LogP contribution < -0.4 is 5.56 Å². The van der Waals surface area contributed by atoms with Crippen molar-refractivity contribution in [3.63, 3.8) is 0 Å². The molecule has 1 aromatic heterocycles. The molecule has 0 spiro atoms. The first-order chi connectivity index (χ1) is 12.0. The number of rotatable bonds is 7. The number of hydrogen-bond acceptors (Lipinski definition) is 4. The summed E-state index contributed by atoms with van der Waals surface area (Å²) < 4.78 is 5.00. The topological polar surface area (TPSA) is 79.5 Å². The number of nitrogens with zero attached hydrogens (tertiary/aromatic N) is 1. The Labute approximate surface area is 146 Å². The Hall–Kier alpha value is -2.89. The molecular weight excluding hydrogens is 320 g/mol. The van der Waals surface area contributed by atoms with E-state index in [-0.39, 0.29) is 18.1 Å². The smallest absolute Gasteiger partial charge is 0.344 e. The maximum Gasteiger partial charge on any atom is 0.344 e. The minimum absolute atomic E-state index is 0.115. The van der Waals surface area contributed by atoms with E-state index in [9.17, 15) is 14.4 Å². The second-order valence-corrected chi connectivity index (χ2v) is 5.79. The van der Waals surface area contributed by atoms with Gasteiger partial charge in [-0.25, -0.2) is 4.79 Å². The molecule has 0 unspecified atom stereocenters. The van der Waals surface area contributed by atoms with Gasteiger partial charge < -0.3 is 14.6 Å². The van der Waals surface area contributed by atoms with Crippen LogP contribution in [0.4, 0.5) is 0 Å². The summed E-state index contributed by atoms with van der Waals surface area (Å²) in [4.78, 5) is 39.9. The van der Waals surface area contributed by atoms with Crippen molar-refractivity contribution >= 4 is 11.9 Å². The van der Waals surface area contributed by atoms with Crippen molar-refractivity contribution in [2.45, 2.75) is 26.8 Å². The minimum Gasteiger partial charge on any atom is -0.452 e. The van der Waals surface area contributed by atoms with Crippen molar-refractivity contribution in [3.05, 3.63) is 69.6 Å². The third-order valence-corrected chi connectivity index (χ3v) is 3.71. The fraction of sp³-hybridized carbons (Fsp3) is 0.316. The average molecular weight is 342 g/mol. The largest absolute Gasteiger partial charge is 0.452 e. The molecule has 1 aromatic carbocycles. The second kappa shape index (κ2) is 8.82. The van der Waals surface area contributed by atoms with E-state index in [0.717, 1.165) is 17.5 Å². The van der Waals surface area contributed by atoms with Crippen LogP contribution in [-0.2, 0) is 16.1 Å². The van der Waals surface area contributed by atoms with Gasteiger partial charge in [-0.05, 0) is 31.0 Å². The van der Waals surface area contributed by atoms with E-state index in [1.807, 2.05) is 38.1 Å². The highest BCUT2D eigenvalue weighted by atomic mass is 16.5. The molecule has 6 heteroatoms. The van der Waals surface area contributed by atoms with Gasteiger partial charge in [0, 0.05) is 19.3 Å². The molecule has 0 fully saturated rings. The van der Waals surface area contributed by atoms with E-state index >= 15 is 0 Å². The predicted octanol–water partition coefficient (Wildman–Crippen LogP) is 2.28. The van der Waals surface area contributed by atoms with Gasteiger partial charge in [-0.3, -0.25) is 9.59 Å². The van der Waals surface area contributed by atoms with Crippen LogP contribution in [-0.4, -0.2) is 34.9 Å². The van der Waals surface area contributed by atoms with Crippen LogP contribution in [0.5, 0.6) is 0 Å². The van der Waals surface area contributed by atoms with Crippen molar-refractivity contribution in [1.29, 1.82) is 0 Å². The molecule has 0 saturated carbocycles. The van der Waals surface area contributed by atoms with Gasteiger partial charge in [-0.1, -0.05) is 36.8 Å². The third-order valence-electron chi connectivity index (χ3n) is 3.71. The summed E-state index contributed by atoms with van der Waals surface area (Å²) >= 11 is 0. The van der Waals surface area contributed by atoms with Crippen molar-refractivity contribution in [2.24, 2.45) is 0 Å². The summed E-state index contributed by atoms with van der Waals surface area (Å²) in [6.45, 7) is 4.61. The molecule has 1 heterocycles. The summed E-state index contributed by atoms with van der Waals surface area (Å²) in [6, 6.07) is 10.8. The molecule has 2 rings (SSSR count). The highest BCUT2D eigenvalue weighted by Gasteiger charge is 2.17. The first-order valence-corrected chi connectivity index (χ1v) is 8.19. The molecule has 0 bridgehead atoms. The van der Waals surface area contributed by atoms with E-state index < -0.39 is 11.5 Å². The number of hydrogen-bond donors (Lipinski definition) is 1. The van der Waals surface area contributed by atoms with Crippen LogP contribution in [0, 0.1) is 6.92 Å². The van der Waals surface area contributed by atoms with E-state index in [1.54, 1.807) is 4.90 Å². The highest BCUT2D eigenvalue weighted by Crippen LogP contribution is 2.08. The van der Waals surface area contributed by atoms with Crippen LogP contribution in [0.2, 0.25) is 0 Å². The number of esters is 1. The van der Waals surface area contributed by atoms with Crippen LogP contribution in [0.1, 0.15) is 34.8 Å². The van der Waals surface area contributed by atoms with Crippen molar-refractivity contribution in [2.75, 3.05) is 13.2 Å². The molecular formula is C19H22N2O4. The molecule has 0 saturated heterocycles. The molecule has 0 radical (unpaired) electrons. The van der Waals surface area contributed by atoms with Gasteiger partial charge in [-0.2, -0.15) is 0 Å². The molecule has 0 aliphatic rings. The van der Waals surface area contributed by atoms with Crippen LogP contribution in [0.3, 0.4) is 0 Å². The quantitative estimate of drug-likeness (QED) is 0.783. The molecule has 0 aliphatic heterocycles. The minimum atomic E-state index is -0.804. The van der Waals surface area contributed by atoms with E-state index in [1.165, 1.54) is 18.3 Å². The number of nitrogens with one attached hydrogen (secondary N) is 1. The molecule has 0 aliphatic carbocycles. The van der Waals surface area contributed by atoms with E-state index in [4.69, 9.17) is 4.74 Å². The molecule has 2 aromatic rings. The standard InChI is InChI=1S/C19H22N2O4/c1-3-11-21(12-15-8-6-14(2)7-9-15)17(22)13-25-19(24)16-5-4-10-20-18(16)23/h4-10H,3,11-13H2,1-2H3,(H,20,23). The monoisotopic (exact) mass is 342 g/mol. The number of aromatic nitrogens is 1. The first kappa shape index (κ1) is 18.4. The lowest BCUT2D eigenvalue weighted by Crippen LogP contribution is -2.35. The summed E-state index contributed by atoms with van der Waals surface area (Å²) in [7, 11) is 0. The van der Waals surface area contributed by atoms with Gasteiger partial charge in [0.05, 0.1) is 0 Å². The van der Waals surface area contributed by atoms with Gasteiger partial charge in [-0.15, -0.1) is 0 Å². The Bertz CT molecular complexity index is 781. The third kappa shape index (κ3) is 5.31. The van der Waals surface area contributed by atoms with Crippen molar-refractivity contribution in [3.8, 4) is 0 Å². The molecule has 6 nitrogen and oxygen atoms in total. The maximum atomic E-state index is 12.4. The van der Waals surface area contributed by atoms with Crippen LogP contribution in [0.25, 0.3) is 0 Å². The zero-order valence-corrected chi connectivity index (χ0v) is 14.5. The molecule has 1 amide bonds. The molecule has 1 N–H and O–H groups in total. The van der Waals surface area contributed by atoms with Gasteiger partial charge in [0.25, 0.3) is 11.5 Å². The molecule has 132 valence electrons. The number of aromatic amines is 1. The Kier molecular flexibility index (Phi) is 6.51. The SMILES string of the molecule is CCCN(Cc1ccc(C)cc1)C(=O)COC(=O)c1ccc[nH]c1=O. The van der Waals surface area contributed by atoms with Gasteiger partial charge in [0.1, 0.15) is 5.56 Å². The Morgan fingerprint density at radius 1 is 1.16 bits per heavy atom. The summed E-state index contributed by atoms with van der Waals surface area (Å²) in [6.07, 6.45) is 2.22. The van der Waals surface area contributed by atoms with Crippen molar-refractivity contribution in [1.82, 2.24) is 9.88 Å². The Morgan fingerprint density at radius 2 is 1.88 bits per heavy atom. The number of carbonyl (C=O) groups excluding carboxylic acids is 2. The maximum absolute atomic E-state index is 12.4. The second-order valence-electron chi connectivity index (χ2n) is 5.79. The summed E-state index contributed by atoms with van der Waals surface area (Å²) in [5.74, 6) is -1.09. The molecule has 25 heavy (non-hydrogen) atoms. The fourth-order valence-electron chi connectivity index (χ4n) is 2.35. The number of carbonyl (C=O) groups is 2. The zero-order valence-electron chi connectivity index (χ0n) is 14.5. The van der Waals surface area contributed by atoms with Crippen LogP contribution in [0.15, 0.2) is 47.4 Å². The zero-order chi connectivity index (χ0) is 18.2. The number of aryl methyl sites for hydroxylation is 1. The molecule has 0 atom stereocenters. The predicted molar refractivity (Wildman–Crippen MR) is 94.2 cm³/mol. The van der Waals surface area contributed by atoms with Crippen LogP contribution >= 0.6 is 0 Å². The number of H-pyrrole nitrogens is 1.